The second-order valence-corrected chi connectivity index (χ2v) is 14.0. The molecule has 2 aromatic rings. The summed E-state index contributed by atoms with van der Waals surface area (Å²) in [6.07, 6.45) is 0.658. The van der Waals surface area contributed by atoms with E-state index in [0.717, 1.165) is 16.7 Å². The molecule has 0 radical (unpaired) electrons. The van der Waals surface area contributed by atoms with Gasteiger partial charge < -0.3 is 25.0 Å². The van der Waals surface area contributed by atoms with Crippen LogP contribution in [0.15, 0.2) is 48.5 Å². The lowest BCUT2D eigenvalue weighted by atomic mass is 9.92. The van der Waals surface area contributed by atoms with Gasteiger partial charge in [-0.25, -0.2) is 9.59 Å². The molecule has 0 fully saturated rings. The molecule has 4 atom stereocenters. The zero-order valence-corrected chi connectivity index (χ0v) is 29.7. The Morgan fingerprint density at radius 2 is 1.43 bits per heavy atom. The van der Waals surface area contributed by atoms with Crippen molar-refractivity contribution in [2.75, 3.05) is 6.54 Å². The zero-order chi connectivity index (χ0) is 34.8. The second kappa shape index (κ2) is 16.6. The van der Waals surface area contributed by atoms with Crippen molar-refractivity contribution in [1.29, 1.82) is 0 Å². The van der Waals surface area contributed by atoms with Gasteiger partial charge in [-0.2, -0.15) is 0 Å². The molecule has 9 heteroatoms. The van der Waals surface area contributed by atoms with Crippen molar-refractivity contribution in [3.8, 4) is 0 Å². The molecule has 2 rings (SSSR count). The summed E-state index contributed by atoms with van der Waals surface area (Å²) in [6, 6.07) is 12.0. The van der Waals surface area contributed by atoms with Gasteiger partial charge >= 0.3 is 12.1 Å². The van der Waals surface area contributed by atoms with Crippen LogP contribution in [0.25, 0.3) is 0 Å². The first-order chi connectivity index (χ1) is 21.4. The monoisotopic (exact) mass is 637 g/mol. The number of rotatable bonds is 13. The number of hydrogen-bond donors (Lipinski definition) is 2. The lowest BCUT2D eigenvalue weighted by Crippen LogP contribution is -2.56. The van der Waals surface area contributed by atoms with Crippen LogP contribution in [-0.4, -0.2) is 58.6 Å². The Bertz CT molecular complexity index is 1330. The summed E-state index contributed by atoms with van der Waals surface area (Å²) < 4.78 is 11.2. The average molecular weight is 638 g/mol. The van der Waals surface area contributed by atoms with Crippen molar-refractivity contribution in [2.24, 2.45) is 5.92 Å². The number of esters is 1. The SMILES string of the molecule is CCCN(C(=O)C(NC(=O)OC(C)(C)C)C(C)CC)C(C(=O)NC(Cc1ccccc1)C(=O)OC(C)(C)C)c1cccc(C)c1C. The molecule has 0 saturated carbocycles. The van der Waals surface area contributed by atoms with Crippen molar-refractivity contribution in [3.63, 3.8) is 0 Å². The number of carbonyl (C=O) groups is 4. The molecular weight excluding hydrogens is 582 g/mol. The largest absolute Gasteiger partial charge is 0.458 e. The van der Waals surface area contributed by atoms with Crippen molar-refractivity contribution < 1.29 is 28.7 Å². The van der Waals surface area contributed by atoms with Crippen LogP contribution in [0.5, 0.6) is 0 Å². The van der Waals surface area contributed by atoms with Crippen LogP contribution >= 0.6 is 0 Å². The zero-order valence-electron chi connectivity index (χ0n) is 29.7. The Labute approximate surface area is 275 Å². The molecule has 9 nitrogen and oxygen atoms in total. The number of nitrogens with one attached hydrogen (secondary N) is 2. The summed E-state index contributed by atoms with van der Waals surface area (Å²) in [5, 5.41) is 5.75. The predicted octanol–water partition coefficient (Wildman–Crippen LogP) is 6.59. The number of amides is 3. The second-order valence-electron chi connectivity index (χ2n) is 14.0. The number of ether oxygens (including phenoxy) is 2. The third kappa shape index (κ3) is 11.5. The van der Waals surface area contributed by atoms with Crippen LogP contribution in [0.1, 0.15) is 103 Å². The fourth-order valence-corrected chi connectivity index (χ4v) is 5.09. The molecule has 0 bridgehead atoms. The average Bonchev–Trinajstić information content (AvgIpc) is 2.95. The summed E-state index contributed by atoms with van der Waals surface area (Å²) in [7, 11) is 0. The molecule has 2 aromatic carbocycles. The predicted molar refractivity (Wildman–Crippen MR) is 181 cm³/mol. The fourth-order valence-electron chi connectivity index (χ4n) is 5.09. The number of carbonyl (C=O) groups excluding carboxylic acids is 4. The Balaban J connectivity index is 2.65. The highest BCUT2D eigenvalue weighted by Gasteiger charge is 2.40. The molecule has 4 unspecified atom stereocenters. The smallest absolute Gasteiger partial charge is 0.408 e. The van der Waals surface area contributed by atoms with Gasteiger partial charge in [0.25, 0.3) is 0 Å². The van der Waals surface area contributed by atoms with Gasteiger partial charge in [-0.1, -0.05) is 75.7 Å². The van der Waals surface area contributed by atoms with Gasteiger partial charge in [0.05, 0.1) is 0 Å². The quantitative estimate of drug-likeness (QED) is 0.240. The van der Waals surface area contributed by atoms with Crippen LogP contribution in [0, 0.1) is 19.8 Å². The number of hydrogen-bond acceptors (Lipinski definition) is 6. The highest BCUT2D eigenvalue weighted by atomic mass is 16.6. The van der Waals surface area contributed by atoms with E-state index in [0.29, 0.717) is 18.4 Å². The van der Waals surface area contributed by atoms with Gasteiger partial charge in [-0.15, -0.1) is 0 Å². The molecule has 3 amide bonds. The van der Waals surface area contributed by atoms with E-state index in [2.05, 4.69) is 10.6 Å². The molecule has 46 heavy (non-hydrogen) atoms. The van der Waals surface area contributed by atoms with Crippen LogP contribution in [0.2, 0.25) is 0 Å². The number of alkyl carbamates (subject to hydrolysis) is 1. The van der Waals surface area contributed by atoms with E-state index >= 15 is 0 Å². The van der Waals surface area contributed by atoms with Gasteiger partial charge in [0.2, 0.25) is 11.8 Å². The first-order valence-electron chi connectivity index (χ1n) is 16.3. The highest BCUT2D eigenvalue weighted by Crippen LogP contribution is 2.29. The van der Waals surface area contributed by atoms with Crippen molar-refractivity contribution in [2.45, 2.75) is 125 Å². The molecule has 0 spiro atoms. The van der Waals surface area contributed by atoms with E-state index in [1.165, 1.54) is 4.90 Å². The molecule has 0 aliphatic carbocycles. The normalized spacial score (nSPS) is 14.3. The Morgan fingerprint density at radius 1 is 0.826 bits per heavy atom. The maximum absolute atomic E-state index is 14.5. The van der Waals surface area contributed by atoms with Crippen molar-refractivity contribution >= 4 is 23.9 Å². The first-order valence-corrected chi connectivity index (χ1v) is 16.3. The van der Waals surface area contributed by atoms with E-state index < -0.39 is 53.2 Å². The van der Waals surface area contributed by atoms with E-state index in [1.807, 2.05) is 83.1 Å². The van der Waals surface area contributed by atoms with Gasteiger partial charge in [0.1, 0.15) is 29.3 Å². The minimum atomic E-state index is -1.08. The van der Waals surface area contributed by atoms with Crippen molar-refractivity contribution in [3.05, 3.63) is 70.8 Å². The van der Waals surface area contributed by atoms with Crippen LogP contribution in [-0.2, 0) is 30.3 Å². The fraction of sp³-hybridized carbons (Fsp3) is 0.568. The summed E-state index contributed by atoms with van der Waals surface area (Å²) in [5.74, 6) is -1.74. The van der Waals surface area contributed by atoms with Gasteiger partial charge in [-0.3, -0.25) is 9.59 Å². The number of benzene rings is 2. The summed E-state index contributed by atoms with van der Waals surface area (Å²) in [4.78, 5) is 57.0. The maximum atomic E-state index is 14.5. The molecule has 2 N–H and O–H groups in total. The van der Waals surface area contributed by atoms with Gasteiger partial charge in [0, 0.05) is 13.0 Å². The molecule has 254 valence electrons. The first kappa shape index (κ1) is 38.3. The van der Waals surface area contributed by atoms with E-state index in [4.69, 9.17) is 9.47 Å². The third-order valence-corrected chi connectivity index (χ3v) is 7.69. The maximum Gasteiger partial charge on any atom is 0.408 e. The molecule has 0 saturated heterocycles. The minimum Gasteiger partial charge on any atom is -0.458 e. The van der Waals surface area contributed by atoms with Crippen molar-refractivity contribution in [1.82, 2.24) is 15.5 Å². The summed E-state index contributed by atoms with van der Waals surface area (Å²) in [6.45, 7) is 20.5. The number of aryl methyl sites for hydroxylation is 1. The van der Waals surface area contributed by atoms with E-state index in [1.54, 1.807) is 41.5 Å². The summed E-state index contributed by atoms with van der Waals surface area (Å²) >= 11 is 0. The van der Waals surface area contributed by atoms with E-state index in [9.17, 15) is 19.2 Å². The number of nitrogens with zero attached hydrogens (tertiary/aromatic N) is 1. The molecule has 0 aliphatic rings. The van der Waals surface area contributed by atoms with Crippen LogP contribution in [0.4, 0.5) is 4.79 Å². The van der Waals surface area contributed by atoms with Gasteiger partial charge in [-0.05, 0) is 90.0 Å². The Kier molecular flexibility index (Phi) is 13.8. The minimum absolute atomic E-state index is 0.207. The Hall–Kier alpha value is -3.88. The van der Waals surface area contributed by atoms with Crippen LogP contribution in [0.3, 0.4) is 0 Å². The lowest BCUT2D eigenvalue weighted by Gasteiger charge is -2.37. The molecule has 0 heterocycles. The van der Waals surface area contributed by atoms with Gasteiger partial charge in [0.15, 0.2) is 0 Å². The molecular formula is C37H55N3O6. The van der Waals surface area contributed by atoms with E-state index in [-0.39, 0.29) is 18.9 Å². The topological polar surface area (TPSA) is 114 Å². The Morgan fingerprint density at radius 3 is 1.98 bits per heavy atom. The highest BCUT2D eigenvalue weighted by molar-refractivity contribution is 5.94. The third-order valence-electron chi connectivity index (χ3n) is 7.69. The molecule has 0 aromatic heterocycles. The summed E-state index contributed by atoms with van der Waals surface area (Å²) in [5.41, 5.74) is 1.77. The lowest BCUT2D eigenvalue weighted by molar-refractivity contribution is -0.159. The van der Waals surface area contributed by atoms with Crippen LogP contribution < -0.4 is 10.6 Å². The molecule has 0 aliphatic heterocycles. The standard InChI is InChI=1S/C37H55N3O6/c1-12-22-40(33(42)30(24(3)13-2)39-35(44)46-37(9,10)11)31(28-21-17-18-25(4)26(28)5)32(41)38-29(34(43)45-36(6,7)8)23-27-19-15-14-16-20-27/h14-21,24,29-31H,12-13,22-23H2,1-11H3,(H,38,41)(H,39,44).